The number of esters is 5. The van der Waals surface area contributed by atoms with Crippen molar-refractivity contribution in [3.05, 3.63) is 0 Å². The van der Waals surface area contributed by atoms with Crippen LogP contribution in [0.3, 0.4) is 0 Å². The fourth-order valence-electron chi connectivity index (χ4n) is 11.4. The quantitative estimate of drug-likeness (QED) is 0.140. The predicted molar refractivity (Wildman–Crippen MR) is 264 cm³/mol. The molecule has 2 heterocycles. The molecule has 6 bridgehead atoms. The summed E-state index contributed by atoms with van der Waals surface area (Å²) in [5.41, 5.74) is -0.641. The van der Waals surface area contributed by atoms with Gasteiger partial charge in [-0.15, -0.1) is 0 Å². The van der Waals surface area contributed by atoms with Crippen molar-refractivity contribution in [3.63, 3.8) is 0 Å². The summed E-state index contributed by atoms with van der Waals surface area (Å²) in [6.45, 7) is 23.3. The number of hydrogen-bond acceptors (Lipinski definition) is 9. The average Bonchev–Trinajstić information content (AvgIpc) is 4.02. The molecule has 15 atom stereocenters. The van der Waals surface area contributed by atoms with Crippen LogP contribution in [-0.4, -0.2) is 48.2 Å². The number of carbonyl (C=O) groups excluding carboxylic acids is 5. The first-order valence-electron chi connectivity index (χ1n) is 22.1. The predicted octanol–water partition coefficient (Wildman–Crippen LogP) is 14.5. The second-order valence-electron chi connectivity index (χ2n) is 20.4. The molecule has 15 unspecified atom stereocenters. The van der Waals surface area contributed by atoms with Crippen molar-refractivity contribution in [1.82, 2.24) is 0 Å². The standard InChI is InChI=1S/C16H28O2.C15H22O4.C9H16.C6H8O3.8CH4/c1-6-15(2,3)14(17)18-16(4,5)13-10-11-7-8-12(13)9-11;1-8-9(2)12-5-10(8)6-13(12)15(17)18-7-11-3-4-14(16)19-11;1-6-7(2)9-4-3-8(6)5-9;1-3-4(2)6(8)9-5(3)7;;;;;;;;/h11-13H,6-10H2,1-5H3;8-13H,3-7H2,1-2H3;6-9H,3-5H2,1-2H3;3-4H,1-2H3;8*1H4. The number of hydrogen-bond donors (Lipinski definition) is 0. The van der Waals surface area contributed by atoms with Gasteiger partial charge >= 0.3 is 29.8 Å². The minimum absolute atomic E-state index is 0. The van der Waals surface area contributed by atoms with Crippen molar-refractivity contribution >= 4 is 29.8 Å². The summed E-state index contributed by atoms with van der Waals surface area (Å²) in [5.74, 6) is 7.65. The summed E-state index contributed by atoms with van der Waals surface area (Å²) >= 11 is 0. The average molecular weight is 899 g/mol. The highest BCUT2D eigenvalue weighted by molar-refractivity contribution is 5.95. The van der Waals surface area contributed by atoms with Crippen LogP contribution in [0.5, 0.6) is 0 Å². The van der Waals surface area contributed by atoms with E-state index in [0.717, 1.165) is 54.3 Å². The zero-order chi connectivity index (χ0) is 40.6. The maximum Gasteiger partial charge on any atom is 0.317 e. The first-order valence-corrected chi connectivity index (χ1v) is 22.1. The Kier molecular flexibility index (Phi) is 29.0. The fourth-order valence-corrected chi connectivity index (χ4v) is 11.4. The van der Waals surface area contributed by atoms with Gasteiger partial charge in [0, 0.05) is 12.3 Å². The third-order valence-electron chi connectivity index (χ3n) is 16.5. The minimum Gasteiger partial charge on any atom is -0.462 e. The Bertz CT molecular complexity index is 1360. The molecule has 9 heteroatoms. The molecule has 0 radical (unpaired) electrons. The van der Waals surface area contributed by atoms with E-state index in [4.69, 9.17) is 14.2 Å². The monoisotopic (exact) mass is 899 g/mol. The maximum absolute atomic E-state index is 12.3. The Morgan fingerprint density at radius 1 is 0.619 bits per heavy atom. The molecule has 0 spiro atoms. The molecule has 8 aliphatic rings. The van der Waals surface area contributed by atoms with Gasteiger partial charge in [0.15, 0.2) is 0 Å². The molecule has 376 valence electrons. The summed E-state index contributed by atoms with van der Waals surface area (Å²) in [6, 6.07) is 0. The van der Waals surface area contributed by atoms with E-state index in [1.807, 2.05) is 20.8 Å². The van der Waals surface area contributed by atoms with E-state index in [1.54, 1.807) is 20.3 Å². The molecule has 6 saturated carbocycles. The molecular formula is C54H106O9. The molecule has 2 saturated heterocycles. The fraction of sp³-hybridized carbons (Fsp3) is 0.907. The molecule has 9 nitrogen and oxygen atoms in total. The van der Waals surface area contributed by atoms with Gasteiger partial charge in [-0.1, -0.05) is 114 Å². The van der Waals surface area contributed by atoms with Crippen LogP contribution in [0.1, 0.15) is 213 Å². The lowest BCUT2D eigenvalue weighted by Crippen LogP contribution is -2.42. The van der Waals surface area contributed by atoms with E-state index in [9.17, 15) is 24.0 Å². The van der Waals surface area contributed by atoms with E-state index < -0.39 is 11.9 Å². The maximum atomic E-state index is 12.3. The van der Waals surface area contributed by atoms with Gasteiger partial charge in [0.05, 0.1) is 23.2 Å². The molecular weight excluding hydrogens is 793 g/mol. The molecule has 0 N–H and O–H groups in total. The van der Waals surface area contributed by atoms with E-state index >= 15 is 0 Å². The van der Waals surface area contributed by atoms with Crippen molar-refractivity contribution < 1.29 is 42.9 Å². The Labute approximate surface area is 390 Å². The molecule has 8 fully saturated rings. The number of fused-ring (bicyclic) bond motifs is 6. The van der Waals surface area contributed by atoms with Gasteiger partial charge in [-0.3, -0.25) is 24.0 Å². The van der Waals surface area contributed by atoms with Gasteiger partial charge < -0.3 is 18.9 Å². The van der Waals surface area contributed by atoms with Crippen LogP contribution in [0.4, 0.5) is 0 Å². The summed E-state index contributed by atoms with van der Waals surface area (Å²) in [5, 5.41) is 0. The van der Waals surface area contributed by atoms with Gasteiger partial charge in [0.25, 0.3) is 0 Å². The topological polar surface area (TPSA) is 122 Å². The third kappa shape index (κ3) is 15.3. The Morgan fingerprint density at radius 3 is 1.48 bits per heavy atom. The smallest absolute Gasteiger partial charge is 0.317 e. The van der Waals surface area contributed by atoms with E-state index in [-0.39, 0.29) is 119 Å². The Hall–Kier alpha value is -2.45. The van der Waals surface area contributed by atoms with Crippen molar-refractivity contribution in [2.24, 2.45) is 88.3 Å². The van der Waals surface area contributed by atoms with Crippen LogP contribution < -0.4 is 0 Å². The molecule has 6 aliphatic carbocycles. The first-order chi connectivity index (χ1) is 25.7. The second kappa shape index (κ2) is 27.3. The van der Waals surface area contributed by atoms with E-state index in [0.29, 0.717) is 36.5 Å². The Morgan fingerprint density at radius 2 is 1.13 bits per heavy atom. The minimum atomic E-state index is -0.396. The van der Waals surface area contributed by atoms with Gasteiger partial charge in [0.2, 0.25) is 0 Å². The number of ether oxygens (including phenoxy) is 4. The second-order valence-corrected chi connectivity index (χ2v) is 20.4. The normalized spacial score (nSPS) is 35.5. The summed E-state index contributed by atoms with van der Waals surface area (Å²) in [7, 11) is 0. The molecule has 0 aromatic heterocycles. The summed E-state index contributed by atoms with van der Waals surface area (Å²) in [4.78, 5) is 56.5. The molecule has 0 amide bonds. The zero-order valence-electron chi connectivity index (χ0n) is 36.0. The van der Waals surface area contributed by atoms with Gasteiger partial charge in [-0.2, -0.15) is 0 Å². The molecule has 0 aromatic rings. The molecule has 2 aliphatic heterocycles. The van der Waals surface area contributed by atoms with Crippen LogP contribution >= 0.6 is 0 Å². The highest BCUT2D eigenvalue weighted by Gasteiger charge is 2.52. The lowest BCUT2D eigenvalue weighted by Gasteiger charge is -2.38. The van der Waals surface area contributed by atoms with E-state index in [2.05, 4.69) is 46.3 Å². The van der Waals surface area contributed by atoms with Crippen molar-refractivity contribution in [2.45, 2.75) is 224 Å². The largest absolute Gasteiger partial charge is 0.462 e. The molecule has 63 heavy (non-hydrogen) atoms. The number of carbonyl (C=O) groups is 5. The van der Waals surface area contributed by atoms with Gasteiger partial charge in [-0.25, -0.2) is 0 Å². The van der Waals surface area contributed by atoms with Gasteiger partial charge in [0.1, 0.15) is 18.3 Å². The summed E-state index contributed by atoms with van der Waals surface area (Å²) in [6.07, 6.45) is 13.9. The van der Waals surface area contributed by atoms with E-state index in [1.165, 1.54) is 44.9 Å². The van der Waals surface area contributed by atoms with Crippen LogP contribution in [0.15, 0.2) is 0 Å². The van der Waals surface area contributed by atoms with Crippen molar-refractivity contribution in [2.75, 3.05) is 6.61 Å². The molecule has 0 aromatic carbocycles. The lowest BCUT2D eigenvalue weighted by atomic mass is 9.76. The Balaban J connectivity index is -0.000000369. The number of cyclic esters (lactones) is 3. The van der Waals surface area contributed by atoms with Crippen LogP contribution in [-0.2, 0) is 42.9 Å². The highest BCUT2D eigenvalue weighted by Crippen LogP contribution is 2.56. The van der Waals surface area contributed by atoms with Crippen LogP contribution in [0.25, 0.3) is 0 Å². The highest BCUT2D eigenvalue weighted by atomic mass is 16.6. The number of rotatable bonds is 7. The van der Waals surface area contributed by atoms with Crippen molar-refractivity contribution in [1.29, 1.82) is 0 Å². The lowest BCUT2D eigenvalue weighted by molar-refractivity contribution is -0.174. The first kappa shape index (κ1) is 67.1. The zero-order valence-corrected chi connectivity index (χ0v) is 36.0. The van der Waals surface area contributed by atoms with Crippen molar-refractivity contribution in [3.8, 4) is 0 Å². The van der Waals surface area contributed by atoms with Crippen LogP contribution in [0, 0.1) is 88.3 Å². The SMILES string of the molecule is C.C.C.C.C.C.C.C.CC1C(=O)OC(=O)C1C.CC1C2CC(C(=O)OCC3CCC(=O)O3)C(C2)C1C.CC1C2CCC(C2)C1C.CCC(C)(C)C(=O)OC(C)(C)C1CC2CCC1C2. The van der Waals surface area contributed by atoms with Gasteiger partial charge in [-0.05, 0) is 151 Å². The summed E-state index contributed by atoms with van der Waals surface area (Å²) < 4.78 is 20.6. The third-order valence-corrected chi connectivity index (χ3v) is 16.5. The molecule has 8 rings (SSSR count). The van der Waals surface area contributed by atoms with Crippen LogP contribution in [0.2, 0.25) is 0 Å².